The number of ether oxygens (including phenoxy) is 1. The maximum Gasteiger partial charge on any atom is 0.221 e. The highest BCUT2D eigenvalue weighted by Gasteiger charge is 2.08. The molecule has 0 unspecified atom stereocenters. The first kappa shape index (κ1) is 13.6. The van der Waals surface area contributed by atoms with Crippen LogP contribution in [0.2, 0.25) is 0 Å². The molecule has 0 aliphatic rings. The fraction of sp³-hybridized carbons (Fsp3) is 0.235. The predicted molar refractivity (Wildman–Crippen MR) is 82.2 cm³/mol. The van der Waals surface area contributed by atoms with E-state index in [0.717, 1.165) is 24.2 Å². The summed E-state index contributed by atoms with van der Waals surface area (Å²) in [6.45, 7) is 4.22. The van der Waals surface area contributed by atoms with Gasteiger partial charge in [0.05, 0.1) is 6.26 Å². The van der Waals surface area contributed by atoms with E-state index in [-0.39, 0.29) is 0 Å². The van der Waals surface area contributed by atoms with Crippen LogP contribution < -0.4 is 10.1 Å². The second-order valence-corrected chi connectivity index (χ2v) is 4.78. The van der Waals surface area contributed by atoms with Gasteiger partial charge in [0.15, 0.2) is 0 Å². The number of furan rings is 1. The third-order valence-electron chi connectivity index (χ3n) is 3.34. The number of hydrogen-bond acceptors (Lipinski definition) is 4. The fourth-order valence-corrected chi connectivity index (χ4v) is 2.28. The lowest BCUT2D eigenvalue weighted by Gasteiger charge is -2.11. The summed E-state index contributed by atoms with van der Waals surface area (Å²) in [6.07, 6.45) is 3.52. The number of aromatic nitrogens is 1. The van der Waals surface area contributed by atoms with Gasteiger partial charge in [0.2, 0.25) is 5.88 Å². The molecule has 0 atom stereocenters. The van der Waals surface area contributed by atoms with Crippen molar-refractivity contribution in [1.82, 2.24) is 10.3 Å². The molecule has 0 aliphatic carbocycles. The van der Waals surface area contributed by atoms with Crippen LogP contribution in [0.5, 0.6) is 5.88 Å². The predicted octanol–water partition coefficient (Wildman–Crippen LogP) is 3.52. The van der Waals surface area contributed by atoms with Crippen LogP contribution in [0.1, 0.15) is 18.2 Å². The molecule has 2 heterocycles. The van der Waals surface area contributed by atoms with E-state index in [9.17, 15) is 0 Å². The standard InChI is InChI=1S/C17H18N2O2/c1-2-18-10-13-11-19-17(16-8-4-3-7-15(13)16)21-12-14-6-5-9-20-14/h3-9,11,18H,2,10,12H2,1H3. The Morgan fingerprint density at radius 2 is 2.00 bits per heavy atom. The lowest BCUT2D eigenvalue weighted by atomic mass is 10.1. The molecule has 3 rings (SSSR count). The van der Waals surface area contributed by atoms with Gasteiger partial charge in [0.1, 0.15) is 12.4 Å². The van der Waals surface area contributed by atoms with Gasteiger partial charge in [0, 0.05) is 18.1 Å². The number of fused-ring (bicyclic) bond motifs is 1. The van der Waals surface area contributed by atoms with Crippen LogP contribution in [0.15, 0.2) is 53.3 Å². The third kappa shape index (κ3) is 3.06. The van der Waals surface area contributed by atoms with Crippen molar-refractivity contribution in [2.45, 2.75) is 20.1 Å². The molecule has 0 bridgehead atoms. The second-order valence-electron chi connectivity index (χ2n) is 4.78. The van der Waals surface area contributed by atoms with Crippen LogP contribution in [0.3, 0.4) is 0 Å². The molecule has 2 aromatic heterocycles. The smallest absolute Gasteiger partial charge is 0.221 e. The van der Waals surface area contributed by atoms with E-state index >= 15 is 0 Å². The van der Waals surface area contributed by atoms with Crippen molar-refractivity contribution >= 4 is 10.8 Å². The molecule has 0 spiro atoms. The molecule has 3 aromatic rings. The topological polar surface area (TPSA) is 47.3 Å². The summed E-state index contributed by atoms with van der Waals surface area (Å²) in [6, 6.07) is 11.9. The first-order valence-corrected chi connectivity index (χ1v) is 7.11. The number of nitrogens with zero attached hydrogens (tertiary/aromatic N) is 1. The van der Waals surface area contributed by atoms with Gasteiger partial charge >= 0.3 is 0 Å². The first-order valence-electron chi connectivity index (χ1n) is 7.11. The fourth-order valence-electron chi connectivity index (χ4n) is 2.28. The molecule has 0 fully saturated rings. The zero-order valence-electron chi connectivity index (χ0n) is 12.0. The Morgan fingerprint density at radius 3 is 2.76 bits per heavy atom. The van der Waals surface area contributed by atoms with Gasteiger partial charge in [0.25, 0.3) is 0 Å². The Labute approximate surface area is 123 Å². The van der Waals surface area contributed by atoms with Gasteiger partial charge in [-0.05, 0) is 35.7 Å². The molecule has 0 aliphatic heterocycles. The highest BCUT2D eigenvalue weighted by atomic mass is 16.5. The zero-order valence-corrected chi connectivity index (χ0v) is 12.0. The maximum atomic E-state index is 5.80. The molecule has 1 N–H and O–H groups in total. The normalized spacial score (nSPS) is 10.9. The molecule has 4 heteroatoms. The van der Waals surface area contributed by atoms with Gasteiger partial charge in [-0.1, -0.05) is 25.1 Å². The van der Waals surface area contributed by atoms with Crippen LogP contribution in [-0.2, 0) is 13.2 Å². The molecule has 0 radical (unpaired) electrons. The number of benzene rings is 1. The van der Waals surface area contributed by atoms with Crippen molar-refractivity contribution in [2.75, 3.05) is 6.54 Å². The van der Waals surface area contributed by atoms with E-state index in [1.54, 1.807) is 6.26 Å². The Kier molecular flexibility index (Phi) is 4.17. The van der Waals surface area contributed by atoms with Crippen LogP contribution in [0.25, 0.3) is 10.8 Å². The minimum absolute atomic E-state index is 0.385. The minimum atomic E-state index is 0.385. The van der Waals surface area contributed by atoms with Crippen LogP contribution in [0, 0.1) is 0 Å². The van der Waals surface area contributed by atoms with Gasteiger partial charge in [-0.3, -0.25) is 0 Å². The lowest BCUT2D eigenvalue weighted by Crippen LogP contribution is -2.12. The Morgan fingerprint density at radius 1 is 1.14 bits per heavy atom. The van der Waals surface area contributed by atoms with Crippen molar-refractivity contribution in [3.05, 3.63) is 60.2 Å². The van der Waals surface area contributed by atoms with Crippen LogP contribution in [0.4, 0.5) is 0 Å². The summed E-state index contributed by atoms with van der Waals surface area (Å²) in [5.41, 5.74) is 1.18. The lowest BCUT2D eigenvalue weighted by molar-refractivity contribution is 0.264. The van der Waals surface area contributed by atoms with E-state index < -0.39 is 0 Å². The molecule has 0 saturated heterocycles. The summed E-state index contributed by atoms with van der Waals surface area (Å²) in [7, 11) is 0. The Hall–Kier alpha value is -2.33. The minimum Gasteiger partial charge on any atom is -0.469 e. The van der Waals surface area contributed by atoms with Crippen molar-refractivity contribution in [1.29, 1.82) is 0 Å². The number of nitrogens with one attached hydrogen (secondary N) is 1. The van der Waals surface area contributed by atoms with E-state index in [4.69, 9.17) is 9.15 Å². The van der Waals surface area contributed by atoms with Gasteiger partial charge < -0.3 is 14.5 Å². The first-order chi connectivity index (χ1) is 10.4. The van der Waals surface area contributed by atoms with E-state index in [1.165, 1.54) is 10.9 Å². The molecule has 108 valence electrons. The Balaban J connectivity index is 1.89. The third-order valence-corrected chi connectivity index (χ3v) is 3.34. The second kappa shape index (κ2) is 6.41. The summed E-state index contributed by atoms with van der Waals surface area (Å²) in [4.78, 5) is 4.46. The SMILES string of the molecule is CCNCc1cnc(OCc2ccco2)c2ccccc12. The Bertz CT molecular complexity index is 708. The van der Waals surface area contributed by atoms with Crippen LogP contribution >= 0.6 is 0 Å². The van der Waals surface area contributed by atoms with E-state index in [0.29, 0.717) is 12.5 Å². The molecule has 21 heavy (non-hydrogen) atoms. The summed E-state index contributed by atoms with van der Waals surface area (Å²) in [5, 5.41) is 5.53. The number of hydrogen-bond donors (Lipinski definition) is 1. The molecular formula is C17H18N2O2. The van der Waals surface area contributed by atoms with Crippen molar-refractivity contribution in [3.8, 4) is 5.88 Å². The van der Waals surface area contributed by atoms with Crippen LogP contribution in [-0.4, -0.2) is 11.5 Å². The molecule has 0 saturated carbocycles. The average Bonchev–Trinajstić information content (AvgIpc) is 3.04. The summed E-state index contributed by atoms with van der Waals surface area (Å²) >= 11 is 0. The number of rotatable bonds is 6. The summed E-state index contributed by atoms with van der Waals surface area (Å²) < 4.78 is 11.1. The molecule has 0 amide bonds. The molecule has 4 nitrogen and oxygen atoms in total. The van der Waals surface area contributed by atoms with Gasteiger partial charge in [-0.2, -0.15) is 0 Å². The number of pyridine rings is 1. The maximum absolute atomic E-state index is 5.80. The quantitative estimate of drug-likeness (QED) is 0.751. The summed E-state index contributed by atoms with van der Waals surface area (Å²) in [5.74, 6) is 1.43. The highest BCUT2D eigenvalue weighted by Crippen LogP contribution is 2.26. The van der Waals surface area contributed by atoms with Gasteiger partial charge in [-0.15, -0.1) is 0 Å². The largest absolute Gasteiger partial charge is 0.469 e. The molecule has 1 aromatic carbocycles. The van der Waals surface area contributed by atoms with Crippen molar-refractivity contribution in [3.63, 3.8) is 0 Å². The average molecular weight is 282 g/mol. The van der Waals surface area contributed by atoms with Gasteiger partial charge in [-0.25, -0.2) is 4.98 Å². The molecular weight excluding hydrogens is 264 g/mol. The van der Waals surface area contributed by atoms with E-state index in [1.807, 2.05) is 36.5 Å². The highest BCUT2D eigenvalue weighted by molar-refractivity contribution is 5.89. The van der Waals surface area contributed by atoms with E-state index in [2.05, 4.69) is 23.3 Å². The monoisotopic (exact) mass is 282 g/mol. The zero-order chi connectivity index (χ0) is 14.5. The van der Waals surface area contributed by atoms with Crippen molar-refractivity contribution in [2.24, 2.45) is 0 Å². The van der Waals surface area contributed by atoms with Crippen molar-refractivity contribution < 1.29 is 9.15 Å².